The molecule has 0 aliphatic carbocycles. The van der Waals surface area contributed by atoms with Crippen LogP contribution in [-0.2, 0) is 4.74 Å². The second-order valence-electron chi connectivity index (χ2n) is 6.48. The number of carbonyl (C=O) groups excluding carboxylic acids is 1. The van der Waals surface area contributed by atoms with Gasteiger partial charge < -0.3 is 19.4 Å². The SMILES string of the molecule is COC(=O)c1ccccc1-c1ccc([C@@H]2[C@@H](c3ccccn3)NC(=S)N2C)o1. The predicted octanol–water partition coefficient (Wildman–Crippen LogP) is 3.73. The molecule has 142 valence electrons. The zero-order valence-electron chi connectivity index (χ0n) is 15.5. The summed E-state index contributed by atoms with van der Waals surface area (Å²) in [5.74, 6) is 0.933. The van der Waals surface area contributed by atoms with Crippen molar-refractivity contribution >= 4 is 23.3 Å². The maximum Gasteiger partial charge on any atom is 0.338 e. The van der Waals surface area contributed by atoms with Crippen LogP contribution in [0, 0.1) is 0 Å². The highest BCUT2D eigenvalue weighted by atomic mass is 32.1. The third-order valence-corrected chi connectivity index (χ3v) is 5.26. The first kappa shape index (κ1) is 18.2. The number of carbonyl (C=O) groups is 1. The van der Waals surface area contributed by atoms with E-state index in [9.17, 15) is 4.79 Å². The molecule has 0 bridgehead atoms. The van der Waals surface area contributed by atoms with E-state index >= 15 is 0 Å². The molecule has 4 rings (SSSR count). The minimum atomic E-state index is -0.402. The van der Waals surface area contributed by atoms with Gasteiger partial charge in [0.05, 0.1) is 24.4 Å². The number of hydrogen-bond acceptors (Lipinski definition) is 5. The number of nitrogens with zero attached hydrogens (tertiary/aromatic N) is 2. The fraction of sp³-hybridized carbons (Fsp3) is 0.190. The van der Waals surface area contributed by atoms with Gasteiger partial charge in [0, 0.05) is 18.8 Å². The topological polar surface area (TPSA) is 67.6 Å². The molecule has 1 saturated heterocycles. The molecule has 1 aliphatic heterocycles. The molecule has 28 heavy (non-hydrogen) atoms. The summed E-state index contributed by atoms with van der Waals surface area (Å²) in [5.41, 5.74) is 2.03. The van der Waals surface area contributed by atoms with Crippen molar-refractivity contribution in [3.63, 3.8) is 0 Å². The Morgan fingerprint density at radius 3 is 2.71 bits per heavy atom. The van der Waals surface area contributed by atoms with Gasteiger partial charge in [-0.25, -0.2) is 4.79 Å². The maximum atomic E-state index is 12.1. The highest BCUT2D eigenvalue weighted by Gasteiger charge is 2.39. The van der Waals surface area contributed by atoms with E-state index in [1.165, 1.54) is 7.11 Å². The number of likely N-dealkylation sites (N-methyl/N-ethyl adjacent to an activating group) is 1. The van der Waals surface area contributed by atoms with Crippen LogP contribution in [0.3, 0.4) is 0 Å². The first-order chi connectivity index (χ1) is 13.6. The average Bonchev–Trinajstić information content (AvgIpc) is 3.33. The van der Waals surface area contributed by atoms with Gasteiger partial charge in [0.1, 0.15) is 17.6 Å². The molecule has 0 spiro atoms. The number of benzene rings is 1. The number of aromatic nitrogens is 1. The molecule has 0 radical (unpaired) electrons. The first-order valence-corrected chi connectivity index (χ1v) is 9.22. The summed E-state index contributed by atoms with van der Waals surface area (Å²) in [6, 6.07) is 16.5. The molecule has 7 heteroatoms. The number of hydrogen-bond donors (Lipinski definition) is 1. The maximum absolute atomic E-state index is 12.1. The zero-order chi connectivity index (χ0) is 19.7. The van der Waals surface area contributed by atoms with E-state index in [1.807, 2.05) is 54.4 Å². The Morgan fingerprint density at radius 2 is 1.96 bits per heavy atom. The van der Waals surface area contributed by atoms with Crippen LogP contribution in [0.15, 0.2) is 65.2 Å². The number of pyridine rings is 1. The molecule has 0 saturated carbocycles. The number of esters is 1. The van der Waals surface area contributed by atoms with Crippen LogP contribution < -0.4 is 5.32 Å². The molecule has 3 aromatic rings. The van der Waals surface area contributed by atoms with Crippen LogP contribution in [0.1, 0.15) is 33.9 Å². The number of thiocarbonyl (C=S) groups is 1. The Labute approximate surface area is 168 Å². The molecule has 0 unspecified atom stereocenters. The third kappa shape index (κ3) is 3.14. The molecule has 1 fully saturated rings. The number of methoxy groups -OCH3 is 1. The Kier molecular flexibility index (Phi) is 4.83. The van der Waals surface area contributed by atoms with E-state index in [0.29, 0.717) is 22.0 Å². The van der Waals surface area contributed by atoms with Gasteiger partial charge >= 0.3 is 5.97 Å². The summed E-state index contributed by atoms with van der Waals surface area (Å²) >= 11 is 5.45. The fourth-order valence-corrected chi connectivity index (χ4v) is 3.70. The van der Waals surface area contributed by atoms with E-state index in [0.717, 1.165) is 11.5 Å². The van der Waals surface area contributed by atoms with Crippen LogP contribution in [0.2, 0.25) is 0 Å². The molecule has 1 aromatic carbocycles. The molecule has 3 heterocycles. The van der Waals surface area contributed by atoms with Crippen molar-refractivity contribution in [1.82, 2.24) is 15.2 Å². The van der Waals surface area contributed by atoms with Gasteiger partial charge in [0.15, 0.2) is 5.11 Å². The molecule has 2 atom stereocenters. The molecular formula is C21H19N3O3S. The van der Waals surface area contributed by atoms with Gasteiger partial charge in [-0.1, -0.05) is 24.3 Å². The summed E-state index contributed by atoms with van der Waals surface area (Å²) in [5, 5.41) is 3.95. The van der Waals surface area contributed by atoms with Crippen LogP contribution in [0.25, 0.3) is 11.3 Å². The van der Waals surface area contributed by atoms with Crippen molar-refractivity contribution in [1.29, 1.82) is 0 Å². The van der Waals surface area contributed by atoms with Crippen molar-refractivity contribution < 1.29 is 13.9 Å². The summed E-state index contributed by atoms with van der Waals surface area (Å²) in [6.45, 7) is 0. The molecule has 1 N–H and O–H groups in total. The smallest absolute Gasteiger partial charge is 0.338 e. The lowest BCUT2D eigenvalue weighted by molar-refractivity contribution is 0.0601. The van der Waals surface area contributed by atoms with Crippen LogP contribution >= 0.6 is 12.2 Å². The Hall–Kier alpha value is -3.19. The molecule has 2 aromatic heterocycles. The van der Waals surface area contributed by atoms with E-state index in [1.54, 1.807) is 18.3 Å². The lowest BCUT2D eigenvalue weighted by Crippen LogP contribution is -2.24. The van der Waals surface area contributed by atoms with Crippen molar-refractivity contribution in [2.24, 2.45) is 0 Å². The Balaban J connectivity index is 1.73. The van der Waals surface area contributed by atoms with Gasteiger partial charge in [-0.3, -0.25) is 4.98 Å². The van der Waals surface area contributed by atoms with Crippen molar-refractivity contribution in [2.75, 3.05) is 14.2 Å². The van der Waals surface area contributed by atoms with Crippen LogP contribution in [-0.4, -0.2) is 35.1 Å². The Morgan fingerprint density at radius 1 is 1.18 bits per heavy atom. The van der Waals surface area contributed by atoms with Crippen LogP contribution in [0.4, 0.5) is 0 Å². The van der Waals surface area contributed by atoms with Gasteiger partial charge in [-0.2, -0.15) is 0 Å². The predicted molar refractivity (Wildman–Crippen MR) is 109 cm³/mol. The van der Waals surface area contributed by atoms with E-state index in [2.05, 4.69) is 10.3 Å². The standard InChI is InChI=1S/C21H19N3O3S/c1-24-19(18(23-21(24)28)15-9-5-6-12-22-15)17-11-10-16(27-17)13-7-3-4-8-14(13)20(25)26-2/h3-12,18-19H,1-2H3,(H,23,28)/t18-,19-/m1/s1. The van der Waals surface area contributed by atoms with E-state index in [-0.39, 0.29) is 12.1 Å². The average molecular weight is 393 g/mol. The summed E-state index contributed by atoms with van der Waals surface area (Å²) in [7, 11) is 3.29. The highest BCUT2D eigenvalue weighted by molar-refractivity contribution is 7.80. The number of furan rings is 1. The summed E-state index contributed by atoms with van der Waals surface area (Å²) < 4.78 is 11.1. The van der Waals surface area contributed by atoms with Gasteiger partial charge in [-0.15, -0.1) is 0 Å². The largest absolute Gasteiger partial charge is 0.465 e. The lowest BCUT2D eigenvalue weighted by Gasteiger charge is -2.21. The quantitative estimate of drug-likeness (QED) is 0.535. The van der Waals surface area contributed by atoms with Crippen molar-refractivity contribution in [3.05, 3.63) is 77.8 Å². The first-order valence-electron chi connectivity index (χ1n) is 8.82. The third-order valence-electron chi connectivity index (χ3n) is 4.85. The van der Waals surface area contributed by atoms with Crippen molar-refractivity contribution in [2.45, 2.75) is 12.1 Å². The minimum absolute atomic E-state index is 0.131. The second kappa shape index (κ2) is 7.44. The summed E-state index contributed by atoms with van der Waals surface area (Å²) in [6.07, 6.45) is 1.76. The monoisotopic (exact) mass is 393 g/mol. The van der Waals surface area contributed by atoms with Crippen LogP contribution in [0.5, 0.6) is 0 Å². The lowest BCUT2D eigenvalue weighted by atomic mass is 10.0. The molecule has 0 amide bonds. The minimum Gasteiger partial charge on any atom is -0.465 e. The van der Waals surface area contributed by atoms with E-state index in [4.69, 9.17) is 21.4 Å². The molecule has 1 aliphatic rings. The zero-order valence-corrected chi connectivity index (χ0v) is 16.3. The van der Waals surface area contributed by atoms with Crippen molar-refractivity contribution in [3.8, 4) is 11.3 Å². The van der Waals surface area contributed by atoms with E-state index < -0.39 is 5.97 Å². The normalized spacial score (nSPS) is 18.8. The van der Waals surface area contributed by atoms with Gasteiger partial charge in [0.2, 0.25) is 0 Å². The highest BCUT2D eigenvalue weighted by Crippen LogP contribution is 2.39. The molecule has 6 nitrogen and oxygen atoms in total. The van der Waals surface area contributed by atoms with Gasteiger partial charge in [-0.05, 0) is 42.5 Å². The fourth-order valence-electron chi connectivity index (χ4n) is 3.46. The number of rotatable bonds is 4. The number of nitrogens with one attached hydrogen (secondary N) is 1. The Bertz CT molecular complexity index is 1020. The van der Waals surface area contributed by atoms with Gasteiger partial charge in [0.25, 0.3) is 0 Å². The molecular weight excluding hydrogens is 374 g/mol. The second-order valence-corrected chi connectivity index (χ2v) is 6.86. The number of ether oxygens (including phenoxy) is 1. The summed E-state index contributed by atoms with van der Waals surface area (Å²) in [4.78, 5) is 18.5.